The summed E-state index contributed by atoms with van der Waals surface area (Å²) < 4.78 is 14.1. The van der Waals surface area contributed by atoms with Crippen LogP contribution in [0.25, 0.3) is 0 Å². The molecule has 0 aliphatic carbocycles. The lowest BCUT2D eigenvalue weighted by molar-refractivity contribution is 0.110. The highest BCUT2D eigenvalue weighted by Crippen LogP contribution is 2.26. The summed E-state index contributed by atoms with van der Waals surface area (Å²) in [5.41, 5.74) is 5.25. The molecule has 3 heteroatoms. The number of alkyl halides is 1. The average molecular weight is 201 g/mol. The molecule has 1 atom stereocenters. The zero-order chi connectivity index (χ0) is 9.90. The van der Waals surface area contributed by atoms with E-state index in [1.165, 1.54) is 0 Å². The minimum Gasteiger partial charge on any atom is -0.328 e. The molecule has 0 saturated heterocycles. The van der Waals surface area contributed by atoms with E-state index >= 15 is 0 Å². The van der Waals surface area contributed by atoms with Crippen LogP contribution in [0.3, 0.4) is 0 Å². The van der Waals surface area contributed by atoms with Gasteiger partial charge in [0.1, 0.15) is 5.67 Å². The van der Waals surface area contributed by atoms with Crippen LogP contribution >= 0.6 is 11.3 Å². The second-order valence-electron chi connectivity index (χ2n) is 3.70. The number of nitrogens with two attached hydrogens (primary N) is 1. The predicted octanol–water partition coefficient (Wildman–Crippen LogP) is 2.61. The van der Waals surface area contributed by atoms with Gasteiger partial charge in [0.2, 0.25) is 0 Å². The minimum absolute atomic E-state index is 0.0302. The molecule has 0 saturated carbocycles. The molecule has 0 spiro atoms. The zero-order valence-corrected chi connectivity index (χ0v) is 8.90. The molecular weight excluding hydrogens is 185 g/mol. The highest BCUT2D eigenvalue weighted by molar-refractivity contribution is 7.07. The highest BCUT2D eigenvalue weighted by atomic mass is 32.1. The molecule has 0 fully saturated rings. The Kier molecular flexibility index (Phi) is 3.45. The van der Waals surface area contributed by atoms with E-state index in [1.807, 2.05) is 30.7 Å². The van der Waals surface area contributed by atoms with Crippen molar-refractivity contribution in [1.29, 1.82) is 0 Å². The zero-order valence-electron chi connectivity index (χ0n) is 8.09. The molecule has 0 radical (unpaired) electrons. The molecule has 0 bridgehead atoms. The van der Waals surface area contributed by atoms with Gasteiger partial charge in [-0.25, -0.2) is 4.39 Å². The fourth-order valence-corrected chi connectivity index (χ4v) is 1.91. The first-order valence-electron chi connectivity index (χ1n) is 4.48. The fourth-order valence-electron chi connectivity index (χ4n) is 1.24. The number of rotatable bonds is 4. The second kappa shape index (κ2) is 4.20. The number of hydrogen-bond donors (Lipinski definition) is 1. The molecule has 2 N–H and O–H groups in total. The number of halogens is 1. The van der Waals surface area contributed by atoms with Crippen molar-refractivity contribution in [2.24, 2.45) is 11.7 Å². The first-order chi connectivity index (χ1) is 6.08. The summed E-state index contributed by atoms with van der Waals surface area (Å²) in [4.78, 5) is 0. The van der Waals surface area contributed by atoms with Gasteiger partial charge in [0.15, 0.2) is 0 Å². The predicted molar refractivity (Wildman–Crippen MR) is 55.8 cm³/mol. The summed E-state index contributed by atoms with van der Waals surface area (Å²) in [7, 11) is 0. The normalized spacial score (nSPS) is 16.1. The van der Waals surface area contributed by atoms with Crippen LogP contribution in [0.15, 0.2) is 16.8 Å². The van der Waals surface area contributed by atoms with Gasteiger partial charge in [-0.05, 0) is 28.3 Å². The van der Waals surface area contributed by atoms with E-state index in [0.29, 0.717) is 6.42 Å². The minimum atomic E-state index is -1.25. The Morgan fingerprint density at radius 2 is 2.31 bits per heavy atom. The molecule has 0 aromatic carbocycles. The van der Waals surface area contributed by atoms with Crippen molar-refractivity contribution in [3.8, 4) is 0 Å². The van der Waals surface area contributed by atoms with Gasteiger partial charge in [0, 0.05) is 13.0 Å². The van der Waals surface area contributed by atoms with Crippen LogP contribution in [0.5, 0.6) is 0 Å². The van der Waals surface area contributed by atoms with Crippen LogP contribution in [-0.2, 0) is 6.42 Å². The summed E-state index contributed by atoms with van der Waals surface area (Å²) in [6, 6.07) is 1.96. The van der Waals surface area contributed by atoms with Gasteiger partial charge in [-0.3, -0.25) is 0 Å². The van der Waals surface area contributed by atoms with Crippen molar-refractivity contribution >= 4 is 11.3 Å². The molecule has 1 rings (SSSR count). The molecule has 13 heavy (non-hydrogen) atoms. The van der Waals surface area contributed by atoms with Crippen molar-refractivity contribution in [2.75, 3.05) is 6.54 Å². The number of thiophene rings is 1. The average Bonchev–Trinajstić information content (AvgIpc) is 2.56. The third kappa shape index (κ3) is 2.51. The third-order valence-electron chi connectivity index (χ3n) is 2.45. The summed E-state index contributed by atoms with van der Waals surface area (Å²) in [6.07, 6.45) is 0.435. The Bertz CT molecular complexity index is 245. The summed E-state index contributed by atoms with van der Waals surface area (Å²) in [6.45, 7) is 3.85. The monoisotopic (exact) mass is 201 g/mol. The first-order valence-corrected chi connectivity index (χ1v) is 5.43. The van der Waals surface area contributed by atoms with E-state index in [0.717, 1.165) is 5.56 Å². The summed E-state index contributed by atoms with van der Waals surface area (Å²) >= 11 is 1.59. The smallest absolute Gasteiger partial charge is 0.129 e. The van der Waals surface area contributed by atoms with Gasteiger partial charge < -0.3 is 5.73 Å². The van der Waals surface area contributed by atoms with Crippen LogP contribution in [0.1, 0.15) is 19.4 Å². The van der Waals surface area contributed by atoms with Gasteiger partial charge in [-0.15, -0.1) is 0 Å². The van der Waals surface area contributed by atoms with E-state index < -0.39 is 5.67 Å². The van der Waals surface area contributed by atoms with Crippen molar-refractivity contribution in [2.45, 2.75) is 25.9 Å². The third-order valence-corrected chi connectivity index (χ3v) is 3.18. The molecule has 1 aromatic rings. The fraction of sp³-hybridized carbons (Fsp3) is 0.600. The first kappa shape index (κ1) is 10.7. The van der Waals surface area contributed by atoms with E-state index in [-0.39, 0.29) is 12.5 Å². The Labute approximate surface area is 82.8 Å². The van der Waals surface area contributed by atoms with Gasteiger partial charge in [-0.2, -0.15) is 11.3 Å². The summed E-state index contributed by atoms with van der Waals surface area (Å²) in [5.74, 6) is -0.0302. The van der Waals surface area contributed by atoms with Crippen LogP contribution in [-0.4, -0.2) is 12.2 Å². The Morgan fingerprint density at radius 3 is 2.69 bits per heavy atom. The van der Waals surface area contributed by atoms with Crippen molar-refractivity contribution in [1.82, 2.24) is 0 Å². The maximum Gasteiger partial charge on any atom is 0.129 e. The second-order valence-corrected chi connectivity index (χ2v) is 4.48. The molecule has 1 aromatic heterocycles. The number of hydrogen-bond acceptors (Lipinski definition) is 2. The molecular formula is C10H16FNS. The van der Waals surface area contributed by atoms with E-state index in [4.69, 9.17) is 5.73 Å². The summed E-state index contributed by atoms with van der Waals surface area (Å²) in [5, 5.41) is 3.94. The lowest BCUT2D eigenvalue weighted by Gasteiger charge is -2.27. The van der Waals surface area contributed by atoms with Crippen molar-refractivity contribution in [3.63, 3.8) is 0 Å². The molecule has 74 valence electrons. The van der Waals surface area contributed by atoms with Crippen LogP contribution in [0, 0.1) is 5.92 Å². The van der Waals surface area contributed by atoms with E-state index in [1.54, 1.807) is 11.3 Å². The molecule has 1 unspecified atom stereocenters. The highest BCUT2D eigenvalue weighted by Gasteiger charge is 2.32. The molecule has 1 nitrogen and oxygen atoms in total. The molecule has 0 aliphatic heterocycles. The lowest BCUT2D eigenvalue weighted by Crippen LogP contribution is -2.40. The maximum atomic E-state index is 14.1. The van der Waals surface area contributed by atoms with Gasteiger partial charge in [0.25, 0.3) is 0 Å². The Morgan fingerprint density at radius 1 is 1.62 bits per heavy atom. The Hall–Kier alpha value is -0.410. The lowest BCUT2D eigenvalue weighted by atomic mass is 9.87. The van der Waals surface area contributed by atoms with Crippen molar-refractivity contribution < 1.29 is 4.39 Å². The quantitative estimate of drug-likeness (QED) is 0.796. The maximum absolute atomic E-state index is 14.1. The van der Waals surface area contributed by atoms with E-state index in [9.17, 15) is 4.39 Å². The topological polar surface area (TPSA) is 26.0 Å². The molecule has 0 aliphatic rings. The largest absolute Gasteiger partial charge is 0.328 e. The van der Waals surface area contributed by atoms with Crippen molar-refractivity contribution in [3.05, 3.63) is 22.4 Å². The standard InChI is InChI=1S/C10H16FNS/c1-8(2)10(11,7-12)5-9-3-4-13-6-9/h3-4,6,8H,5,7,12H2,1-2H3. The van der Waals surface area contributed by atoms with Gasteiger partial charge in [-0.1, -0.05) is 13.8 Å². The van der Waals surface area contributed by atoms with E-state index in [2.05, 4.69) is 0 Å². The van der Waals surface area contributed by atoms with Crippen LogP contribution < -0.4 is 5.73 Å². The SMILES string of the molecule is CC(C)C(F)(CN)Cc1ccsc1. The van der Waals surface area contributed by atoms with Crippen LogP contribution in [0.2, 0.25) is 0 Å². The van der Waals surface area contributed by atoms with Crippen LogP contribution in [0.4, 0.5) is 4.39 Å². The molecule has 1 heterocycles. The van der Waals surface area contributed by atoms with Gasteiger partial charge >= 0.3 is 0 Å². The Balaban J connectivity index is 2.69. The molecule has 0 amide bonds. The van der Waals surface area contributed by atoms with Gasteiger partial charge in [0.05, 0.1) is 0 Å².